The number of anilines is 1. The van der Waals surface area contributed by atoms with Crippen LogP contribution in [0.3, 0.4) is 0 Å². The third-order valence-corrected chi connectivity index (χ3v) is 2.65. The van der Waals surface area contributed by atoms with Gasteiger partial charge in [-0.2, -0.15) is 0 Å². The lowest BCUT2D eigenvalue weighted by atomic mass is 9.89. The number of para-hydroxylation sites is 2. The highest BCUT2D eigenvalue weighted by Gasteiger charge is 2.19. The van der Waals surface area contributed by atoms with Crippen molar-refractivity contribution in [2.24, 2.45) is 5.41 Å². The van der Waals surface area contributed by atoms with Gasteiger partial charge in [0, 0.05) is 19.2 Å². The van der Waals surface area contributed by atoms with Gasteiger partial charge in [0.25, 0.3) is 5.69 Å². The summed E-state index contributed by atoms with van der Waals surface area (Å²) in [6.45, 7) is 4.71. The molecule has 0 aliphatic rings. The molecule has 5 nitrogen and oxygen atoms in total. The van der Waals surface area contributed by atoms with Gasteiger partial charge < -0.3 is 10.4 Å². The normalized spacial score (nSPS) is 11.2. The molecule has 0 amide bonds. The molecule has 0 aliphatic carbocycles. The fourth-order valence-electron chi connectivity index (χ4n) is 1.51. The van der Waals surface area contributed by atoms with Crippen LogP contribution >= 0.6 is 0 Å². The van der Waals surface area contributed by atoms with Crippen LogP contribution in [0, 0.1) is 15.5 Å². The number of nitro benzene ring substituents is 1. The summed E-state index contributed by atoms with van der Waals surface area (Å²) in [5.74, 6) is 0. The van der Waals surface area contributed by atoms with Crippen LogP contribution in [0.1, 0.15) is 20.3 Å². The van der Waals surface area contributed by atoms with Gasteiger partial charge in [0.2, 0.25) is 0 Å². The molecule has 0 unspecified atom stereocenters. The summed E-state index contributed by atoms with van der Waals surface area (Å²) >= 11 is 0. The Hall–Kier alpha value is -1.62. The van der Waals surface area contributed by atoms with Gasteiger partial charge in [-0.1, -0.05) is 26.0 Å². The highest BCUT2D eigenvalue weighted by Crippen LogP contribution is 2.26. The molecule has 1 rings (SSSR count). The summed E-state index contributed by atoms with van der Waals surface area (Å²) in [5.41, 5.74) is 0.495. The van der Waals surface area contributed by atoms with Gasteiger partial charge in [0.1, 0.15) is 5.69 Å². The molecule has 0 aromatic heterocycles. The van der Waals surface area contributed by atoms with Gasteiger partial charge in [-0.05, 0) is 17.9 Å². The Kier molecular flexibility index (Phi) is 4.45. The van der Waals surface area contributed by atoms with Gasteiger partial charge in [-0.15, -0.1) is 0 Å². The number of benzene rings is 1. The number of nitro groups is 1. The van der Waals surface area contributed by atoms with E-state index in [0.29, 0.717) is 18.7 Å². The number of aliphatic hydroxyl groups is 1. The smallest absolute Gasteiger partial charge is 0.292 e. The molecule has 5 heteroatoms. The maximum absolute atomic E-state index is 10.8. The van der Waals surface area contributed by atoms with Crippen molar-refractivity contribution >= 4 is 11.4 Å². The van der Waals surface area contributed by atoms with E-state index in [1.807, 2.05) is 13.8 Å². The lowest BCUT2D eigenvalue weighted by Gasteiger charge is -2.24. The van der Waals surface area contributed by atoms with Crippen LogP contribution in [0.15, 0.2) is 24.3 Å². The van der Waals surface area contributed by atoms with E-state index in [-0.39, 0.29) is 17.7 Å². The van der Waals surface area contributed by atoms with Gasteiger partial charge in [-0.25, -0.2) is 0 Å². The minimum Gasteiger partial charge on any atom is -0.396 e. The summed E-state index contributed by atoms with van der Waals surface area (Å²) in [5, 5.41) is 22.8. The Balaban J connectivity index is 2.72. The first-order chi connectivity index (χ1) is 7.96. The van der Waals surface area contributed by atoms with Crippen LogP contribution in [0.5, 0.6) is 0 Å². The zero-order valence-electron chi connectivity index (χ0n) is 10.1. The van der Waals surface area contributed by atoms with E-state index in [0.717, 1.165) is 0 Å². The van der Waals surface area contributed by atoms with Crippen molar-refractivity contribution < 1.29 is 10.0 Å². The van der Waals surface area contributed by atoms with E-state index in [9.17, 15) is 10.1 Å². The molecule has 1 aromatic rings. The van der Waals surface area contributed by atoms with Crippen molar-refractivity contribution in [3.63, 3.8) is 0 Å². The maximum atomic E-state index is 10.8. The summed E-state index contributed by atoms with van der Waals surface area (Å²) < 4.78 is 0. The average Bonchev–Trinajstić information content (AvgIpc) is 2.27. The number of nitrogens with one attached hydrogen (secondary N) is 1. The standard InChI is InChI=1S/C12H18N2O3/c1-12(2,7-8-15)9-13-10-5-3-4-6-11(10)14(16)17/h3-6,13,15H,7-9H2,1-2H3. The molecule has 0 atom stereocenters. The van der Waals surface area contributed by atoms with Gasteiger partial charge in [-0.3, -0.25) is 10.1 Å². The molecule has 0 saturated heterocycles. The van der Waals surface area contributed by atoms with Crippen LogP contribution in [0.2, 0.25) is 0 Å². The van der Waals surface area contributed by atoms with Gasteiger partial charge in [0.15, 0.2) is 0 Å². The van der Waals surface area contributed by atoms with Crippen LogP contribution in [0.25, 0.3) is 0 Å². The Morgan fingerprint density at radius 1 is 1.41 bits per heavy atom. The minimum absolute atomic E-state index is 0.0762. The van der Waals surface area contributed by atoms with E-state index < -0.39 is 4.92 Å². The summed E-state index contributed by atoms with van der Waals surface area (Å²) in [7, 11) is 0. The molecule has 0 heterocycles. The van der Waals surface area contributed by atoms with E-state index in [2.05, 4.69) is 5.32 Å². The van der Waals surface area contributed by atoms with Gasteiger partial charge >= 0.3 is 0 Å². The van der Waals surface area contributed by atoms with Crippen molar-refractivity contribution in [3.8, 4) is 0 Å². The molecular formula is C12H18N2O3. The van der Waals surface area contributed by atoms with Crippen molar-refractivity contribution in [3.05, 3.63) is 34.4 Å². The first-order valence-corrected chi connectivity index (χ1v) is 5.54. The van der Waals surface area contributed by atoms with E-state index in [4.69, 9.17) is 5.11 Å². The second-order valence-electron chi connectivity index (χ2n) is 4.77. The average molecular weight is 238 g/mol. The van der Waals surface area contributed by atoms with Crippen LogP contribution in [0.4, 0.5) is 11.4 Å². The van der Waals surface area contributed by atoms with Crippen molar-refractivity contribution in [2.75, 3.05) is 18.5 Å². The quantitative estimate of drug-likeness (QED) is 0.589. The van der Waals surface area contributed by atoms with E-state index >= 15 is 0 Å². The topological polar surface area (TPSA) is 75.4 Å². The number of rotatable bonds is 6. The maximum Gasteiger partial charge on any atom is 0.292 e. The summed E-state index contributed by atoms with van der Waals surface area (Å²) in [6, 6.07) is 6.56. The minimum atomic E-state index is -0.401. The molecule has 0 bridgehead atoms. The molecule has 0 saturated carbocycles. The molecule has 17 heavy (non-hydrogen) atoms. The predicted molar refractivity (Wildman–Crippen MR) is 67.1 cm³/mol. The second kappa shape index (κ2) is 5.63. The number of aliphatic hydroxyl groups excluding tert-OH is 1. The zero-order valence-corrected chi connectivity index (χ0v) is 10.1. The fourth-order valence-corrected chi connectivity index (χ4v) is 1.51. The second-order valence-corrected chi connectivity index (χ2v) is 4.77. The fraction of sp³-hybridized carbons (Fsp3) is 0.500. The largest absolute Gasteiger partial charge is 0.396 e. The number of nitrogens with zero attached hydrogens (tertiary/aromatic N) is 1. The summed E-state index contributed by atoms with van der Waals surface area (Å²) in [4.78, 5) is 10.4. The lowest BCUT2D eigenvalue weighted by molar-refractivity contribution is -0.384. The third kappa shape index (κ3) is 4.03. The first-order valence-electron chi connectivity index (χ1n) is 5.54. The Morgan fingerprint density at radius 2 is 2.06 bits per heavy atom. The zero-order chi connectivity index (χ0) is 12.9. The first kappa shape index (κ1) is 13.4. The highest BCUT2D eigenvalue weighted by molar-refractivity contribution is 5.61. The lowest BCUT2D eigenvalue weighted by Crippen LogP contribution is -2.24. The van der Waals surface area contributed by atoms with Crippen LogP contribution < -0.4 is 5.32 Å². The van der Waals surface area contributed by atoms with Crippen LogP contribution in [-0.4, -0.2) is 23.2 Å². The molecule has 0 aliphatic heterocycles. The molecule has 94 valence electrons. The SMILES string of the molecule is CC(C)(CCO)CNc1ccccc1[N+](=O)[O-]. The van der Waals surface area contributed by atoms with Crippen molar-refractivity contribution in [2.45, 2.75) is 20.3 Å². The molecule has 0 spiro atoms. The number of hydrogen-bond acceptors (Lipinski definition) is 4. The van der Waals surface area contributed by atoms with Crippen molar-refractivity contribution in [1.82, 2.24) is 0 Å². The molecule has 0 fully saturated rings. The molecular weight excluding hydrogens is 220 g/mol. The highest BCUT2D eigenvalue weighted by atomic mass is 16.6. The third-order valence-electron chi connectivity index (χ3n) is 2.65. The Bertz CT molecular complexity index is 391. The molecule has 0 radical (unpaired) electrons. The molecule has 2 N–H and O–H groups in total. The number of hydrogen-bond donors (Lipinski definition) is 2. The predicted octanol–water partition coefficient (Wildman–Crippen LogP) is 2.42. The van der Waals surface area contributed by atoms with Gasteiger partial charge in [0.05, 0.1) is 4.92 Å². The van der Waals surface area contributed by atoms with E-state index in [1.165, 1.54) is 6.07 Å². The monoisotopic (exact) mass is 238 g/mol. The van der Waals surface area contributed by atoms with Crippen LogP contribution in [-0.2, 0) is 0 Å². The Labute approximate surface area is 101 Å². The van der Waals surface area contributed by atoms with E-state index in [1.54, 1.807) is 18.2 Å². The Morgan fingerprint density at radius 3 is 2.65 bits per heavy atom. The summed E-state index contributed by atoms with van der Waals surface area (Å²) in [6.07, 6.45) is 0.653. The molecule has 1 aromatic carbocycles. The van der Waals surface area contributed by atoms with Crippen molar-refractivity contribution in [1.29, 1.82) is 0 Å².